The van der Waals surface area contributed by atoms with Gasteiger partial charge in [-0.3, -0.25) is 4.98 Å². The summed E-state index contributed by atoms with van der Waals surface area (Å²) >= 11 is 0. The molecule has 0 amide bonds. The molecule has 1 saturated carbocycles. The van der Waals surface area contributed by atoms with E-state index in [1.54, 1.807) is 0 Å². The van der Waals surface area contributed by atoms with Gasteiger partial charge in [0.1, 0.15) is 5.82 Å². The van der Waals surface area contributed by atoms with Crippen LogP contribution < -0.4 is 5.32 Å². The summed E-state index contributed by atoms with van der Waals surface area (Å²) in [5.74, 6) is 2.76. The lowest BCUT2D eigenvalue weighted by molar-refractivity contribution is 0.266. The standard InChI is InChI=1S/C18H26N4/c1-14-3-2-4-15(13-14)5-10-20-17(18-21-11-12-22-18)16-6-8-19-9-7-16/h6-9,11-12,14-15,17,20H,2-5,10,13H2,1H3,(H,21,22)/t14-,15-,17-/m1/s1. The van der Waals surface area contributed by atoms with Crippen molar-refractivity contribution < 1.29 is 0 Å². The van der Waals surface area contributed by atoms with Crippen LogP contribution in [-0.2, 0) is 0 Å². The largest absolute Gasteiger partial charge is 0.347 e. The fraction of sp³-hybridized carbons (Fsp3) is 0.556. The molecule has 1 aliphatic rings. The molecular weight excluding hydrogens is 272 g/mol. The fourth-order valence-corrected chi connectivity index (χ4v) is 3.62. The van der Waals surface area contributed by atoms with Gasteiger partial charge in [0, 0.05) is 24.8 Å². The average molecular weight is 298 g/mol. The first-order chi connectivity index (χ1) is 10.8. The van der Waals surface area contributed by atoms with Crippen LogP contribution >= 0.6 is 0 Å². The van der Waals surface area contributed by atoms with Crippen molar-refractivity contribution in [2.75, 3.05) is 6.54 Å². The summed E-state index contributed by atoms with van der Waals surface area (Å²) in [5.41, 5.74) is 1.21. The third kappa shape index (κ3) is 3.95. The van der Waals surface area contributed by atoms with Crippen molar-refractivity contribution in [3.8, 4) is 0 Å². The van der Waals surface area contributed by atoms with E-state index < -0.39 is 0 Å². The second-order valence-corrected chi connectivity index (χ2v) is 6.57. The van der Waals surface area contributed by atoms with Crippen LogP contribution in [0, 0.1) is 11.8 Å². The van der Waals surface area contributed by atoms with Crippen molar-refractivity contribution in [1.82, 2.24) is 20.3 Å². The van der Waals surface area contributed by atoms with Gasteiger partial charge >= 0.3 is 0 Å². The molecule has 2 aromatic heterocycles. The normalized spacial score (nSPS) is 23.3. The molecule has 1 fully saturated rings. The Morgan fingerprint density at radius 2 is 2.14 bits per heavy atom. The molecule has 1 aliphatic carbocycles. The molecule has 4 heteroatoms. The number of nitrogens with one attached hydrogen (secondary N) is 2. The lowest BCUT2D eigenvalue weighted by atomic mass is 9.81. The van der Waals surface area contributed by atoms with Gasteiger partial charge in [0.25, 0.3) is 0 Å². The fourth-order valence-electron chi connectivity index (χ4n) is 3.62. The summed E-state index contributed by atoms with van der Waals surface area (Å²) in [6.07, 6.45) is 14.2. The zero-order valence-electron chi connectivity index (χ0n) is 13.3. The molecule has 0 spiro atoms. The first-order valence-electron chi connectivity index (χ1n) is 8.45. The molecule has 0 aromatic carbocycles. The van der Waals surface area contributed by atoms with Crippen LogP contribution in [0.25, 0.3) is 0 Å². The summed E-state index contributed by atoms with van der Waals surface area (Å²) in [6.45, 7) is 3.42. The van der Waals surface area contributed by atoms with Crippen LogP contribution in [0.3, 0.4) is 0 Å². The van der Waals surface area contributed by atoms with Crippen molar-refractivity contribution in [3.05, 3.63) is 48.3 Å². The SMILES string of the molecule is C[C@@H]1CCC[C@H](CCN[C@H](c2ccncc2)c2ncc[nH]2)C1. The van der Waals surface area contributed by atoms with E-state index in [1.165, 1.54) is 37.7 Å². The summed E-state index contributed by atoms with van der Waals surface area (Å²) in [7, 11) is 0. The maximum Gasteiger partial charge on any atom is 0.127 e. The predicted molar refractivity (Wildman–Crippen MR) is 88.4 cm³/mol. The minimum absolute atomic E-state index is 0.124. The topological polar surface area (TPSA) is 53.6 Å². The zero-order valence-corrected chi connectivity index (χ0v) is 13.3. The van der Waals surface area contributed by atoms with Gasteiger partial charge in [0.05, 0.1) is 6.04 Å². The number of hydrogen-bond acceptors (Lipinski definition) is 3. The molecule has 0 saturated heterocycles. The van der Waals surface area contributed by atoms with Gasteiger partial charge in [-0.25, -0.2) is 4.98 Å². The van der Waals surface area contributed by atoms with Gasteiger partial charge in [-0.05, 0) is 48.9 Å². The summed E-state index contributed by atoms with van der Waals surface area (Å²) < 4.78 is 0. The first kappa shape index (κ1) is 15.2. The lowest BCUT2D eigenvalue weighted by Gasteiger charge is -2.27. The van der Waals surface area contributed by atoms with Gasteiger partial charge < -0.3 is 10.3 Å². The van der Waals surface area contributed by atoms with E-state index in [9.17, 15) is 0 Å². The highest BCUT2D eigenvalue weighted by atomic mass is 15.0. The van der Waals surface area contributed by atoms with Crippen LogP contribution in [0.4, 0.5) is 0 Å². The van der Waals surface area contributed by atoms with E-state index in [0.717, 1.165) is 24.2 Å². The molecule has 0 unspecified atom stereocenters. The van der Waals surface area contributed by atoms with Gasteiger partial charge in [-0.1, -0.05) is 26.2 Å². The summed E-state index contributed by atoms with van der Waals surface area (Å²) in [4.78, 5) is 11.8. The highest BCUT2D eigenvalue weighted by Crippen LogP contribution is 2.30. The van der Waals surface area contributed by atoms with Crippen LogP contribution in [-0.4, -0.2) is 21.5 Å². The first-order valence-corrected chi connectivity index (χ1v) is 8.45. The van der Waals surface area contributed by atoms with Crippen LogP contribution in [0.15, 0.2) is 36.9 Å². The number of nitrogens with zero attached hydrogens (tertiary/aromatic N) is 2. The smallest absolute Gasteiger partial charge is 0.127 e. The van der Waals surface area contributed by atoms with E-state index in [1.807, 2.05) is 24.8 Å². The Hall–Kier alpha value is -1.68. The predicted octanol–water partition coefficient (Wildman–Crippen LogP) is 3.70. The number of aromatic amines is 1. The molecule has 118 valence electrons. The monoisotopic (exact) mass is 298 g/mol. The quantitative estimate of drug-likeness (QED) is 0.855. The number of pyridine rings is 1. The summed E-state index contributed by atoms with van der Waals surface area (Å²) in [6, 6.07) is 4.24. The number of hydrogen-bond donors (Lipinski definition) is 2. The van der Waals surface area contributed by atoms with Gasteiger partial charge in [-0.15, -0.1) is 0 Å². The van der Waals surface area contributed by atoms with Gasteiger partial charge in [0.2, 0.25) is 0 Å². The van der Waals surface area contributed by atoms with E-state index in [-0.39, 0.29) is 6.04 Å². The van der Waals surface area contributed by atoms with Crippen LogP contribution in [0.5, 0.6) is 0 Å². The second kappa shape index (κ2) is 7.54. The number of rotatable bonds is 6. The van der Waals surface area contributed by atoms with E-state index in [4.69, 9.17) is 0 Å². The average Bonchev–Trinajstić information content (AvgIpc) is 3.07. The third-order valence-electron chi connectivity index (χ3n) is 4.78. The number of H-pyrrole nitrogens is 1. The highest BCUT2D eigenvalue weighted by molar-refractivity contribution is 5.22. The molecule has 0 aliphatic heterocycles. The maximum atomic E-state index is 4.43. The van der Waals surface area contributed by atoms with Crippen molar-refractivity contribution in [3.63, 3.8) is 0 Å². The van der Waals surface area contributed by atoms with Gasteiger partial charge in [-0.2, -0.15) is 0 Å². The molecule has 4 nitrogen and oxygen atoms in total. The molecule has 22 heavy (non-hydrogen) atoms. The van der Waals surface area contributed by atoms with Crippen molar-refractivity contribution in [2.45, 2.75) is 45.1 Å². The van der Waals surface area contributed by atoms with Crippen molar-refractivity contribution >= 4 is 0 Å². The Balaban J connectivity index is 1.59. The number of aromatic nitrogens is 3. The Morgan fingerprint density at radius 3 is 2.86 bits per heavy atom. The molecule has 2 N–H and O–H groups in total. The lowest BCUT2D eigenvalue weighted by Crippen LogP contribution is -2.27. The second-order valence-electron chi connectivity index (χ2n) is 6.57. The van der Waals surface area contributed by atoms with Crippen molar-refractivity contribution in [2.24, 2.45) is 11.8 Å². The Kier molecular flexibility index (Phi) is 5.22. The van der Waals surface area contributed by atoms with Gasteiger partial charge in [0.15, 0.2) is 0 Å². The minimum atomic E-state index is 0.124. The summed E-state index contributed by atoms with van der Waals surface area (Å²) in [5, 5.41) is 3.68. The molecule has 2 aromatic rings. The molecule has 3 rings (SSSR count). The third-order valence-corrected chi connectivity index (χ3v) is 4.78. The minimum Gasteiger partial charge on any atom is -0.347 e. The van der Waals surface area contributed by atoms with E-state index in [2.05, 4.69) is 39.3 Å². The highest BCUT2D eigenvalue weighted by Gasteiger charge is 2.20. The van der Waals surface area contributed by atoms with Crippen LogP contribution in [0.1, 0.15) is 56.5 Å². The Morgan fingerprint density at radius 1 is 1.27 bits per heavy atom. The zero-order chi connectivity index (χ0) is 15.2. The molecule has 0 radical (unpaired) electrons. The number of imidazole rings is 1. The molecule has 0 bridgehead atoms. The molecule has 2 heterocycles. The van der Waals surface area contributed by atoms with E-state index >= 15 is 0 Å². The van der Waals surface area contributed by atoms with E-state index in [0.29, 0.717) is 0 Å². The van der Waals surface area contributed by atoms with Crippen molar-refractivity contribution in [1.29, 1.82) is 0 Å². The molecular formula is C18H26N4. The Labute approximate surface area is 132 Å². The van der Waals surface area contributed by atoms with Crippen LogP contribution in [0.2, 0.25) is 0 Å². The Bertz CT molecular complexity index is 537. The maximum absolute atomic E-state index is 4.43. The molecule has 3 atom stereocenters.